The molecule has 0 unspecified atom stereocenters. The van der Waals surface area contributed by atoms with Crippen molar-refractivity contribution in [2.75, 3.05) is 43.6 Å². The first-order valence-electron chi connectivity index (χ1n) is 12.0. The summed E-state index contributed by atoms with van der Waals surface area (Å²) in [6.45, 7) is 4.55. The molecule has 0 saturated carbocycles. The van der Waals surface area contributed by atoms with E-state index in [1.807, 2.05) is 3.96 Å². The summed E-state index contributed by atoms with van der Waals surface area (Å²) in [6.07, 6.45) is 0. The molecule has 212 valence electrons. The highest BCUT2D eigenvalue weighted by Gasteiger charge is 2.21. The number of hydrogen-bond donors (Lipinski definition) is 1. The number of methoxy groups -OCH3 is 1. The summed E-state index contributed by atoms with van der Waals surface area (Å²) in [5, 5.41) is 23.7. The van der Waals surface area contributed by atoms with E-state index in [2.05, 4.69) is 15.5 Å². The summed E-state index contributed by atoms with van der Waals surface area (Å²) in [7, 11) is 3.26. The third kappa shape index (κ3) is 7.69. The van der Waals surface area contributed by atoms with Crippen molar-refractivity contribution >= 4 is 68.0 Å². The Bertz CT molecular complexity index is 1450. The lowest BCUT2D eigenvalue weighted by Gasteiger charge is -2.27. The quantitative estimate of drug-likeness (QED) is 0.111. The van der Waals surface area contributed by atoms with Gasteiger partial charge in [-0.25, -0.2) is 0 Å². The molecule has 14 nitrogen and oxygen atoms in total. The molecule has 1 heterocycles. The largest absolute Gasteiger partial charge is 0.494 e. The zero-order valence-electron chi connectivity index (χ0n) is 22.6. The minimum Gasteiger partial charge on any atom is -0.494 e. The summed E-state index contributed by atoms with van der Waals surface area (Å²) >= 11 is 1.25. The number of anilines is 2. The Labute approximate surface area is 233 Å². The molecule has 15 heteroatoms. The lowest BCUT2D eigenvalue weighted by Crippen LogP contribution is -2.32. The van der Waals surface area contributed by atoms with Gasteiger partial charge in [0.25, 0.3) is 5.69 Å². The van der Waals surface area contributed by atoms with Crippen LogP contribution in [0.25, 0.3) is 10.9 Å². The van der Waals surface area contributed by atoms with E-state index in [1.54, 1.807) is 30.1 Å². The van der Waals surface area contributed by atoms with Crippen LogP contribution < -0.4 is 18.9 Å². The number of ether oxygens (including phenoxy) is 3. The van der Waals surface area contributed by atoms with Crippen molar-refractivity contribution in [3.63, 3.8) is 0 Å². The molecule has 0 fully saturated rings. The number of nitro benzene ring substituents is 1. The van der Waals surface area contributed by atoms with E-state index in [0.717, 1.165) is 5.52 Å². The third-order valence-electron chi connectivity index (χ3n) is 5.51. The van der Waals surface area contributed by atoms with E-state index >= 15 is 0 Å². The molecule has 0 spiro atoms. The summed E-state index contributed by atoms with van der Waals surface area (Å²) in [5.41, 5.74) is 1.78. The highest BCUT2D eigenvalue weighted by molar-refractivity contribution is 7.07. The van der Waals surface area contributed by atoms with Crippen LogP contribution in [0.3, 0.4) is 0 Å². The molecule has 1 amide bonds. The van der Waals surface area contributed by atoms with Crippen molar-refractivity contribution in [1.29, 1.82) is 0 Å². The summed E-state index contributed by atoms with van der Waals surface area (Å²) in [5.74, 6) is -0.878. The normalized spacial score (nSPS) is 10.9. The van der Waals surface area contributed by atoms with Gasteiger partial charge in [-0.1, -0.05) is 0 Å². The SMILES string of the molecule is COc1cc(N=Nc2s[n+](C)c3ccc([N+](=O)[O-])cc23)c(NC(C)=O)cc1N(CCOC(C)=O)CCOC(C)=O. The minimum atomic E-state index is -0.481. The first-order valence-corrected chi connectivity index (χ1v) is 12.8. The topological polar surface area (TPSA) is 166 Å². The number of nitrogens with one attached hydrogen (secondary N) is 1. The number of nitro groups is 1. The van der Waals surface area contributed by atoms with Crippen molar-refractivity contribution in [1.82, 2.24) is 0 Å². The summed E-state index contributed by atoms with van der Waals surface area (Å²) < 4.78 is 17.6. The maximum atomic E-state index is 12.0. The maximum Gasteiger partial charge on any atom is 0.302 e. The van der Waals surface area contributed by atoms with E-state index in [1.165, 1.54) is 51.5 Å². The van der Waals surface area contributed by atoms with Gasteiger partial charge in [-0.05, 0) is 6.07 Å². The van der Waals surface area contributed by atoms with Gasteiger partial charge in [0.1, 0.15) is 24.7 Å². The first-order chi connectivity index (χ1) is 19.0. The van der Waals surface area contributed by atoms with Gasteiger partial charge >= 0.3 is 11.9 Å². The Morgan fingerprint density at radius 2 is 1.70 bits per heavy atom. The fourth-order valence-corrected chi connectivity index (χ4v) is 4.63. The van der Waals surface area contributed by atoms with E-state index in [9.17, 15) is 24.5 Å². The van der Waals surface area contributed by atoms with Gasteiger partial charge in [-0.15, -0.1) is 14.2 Å². The number of amides is 1. The lowest BCUT2D eigenvalue weighted by molar-refractivity contribution is -0.573. The number of fused-ring (bicyclic) bond motifs is 1. The highest BCUT2D eigenvalue weighted by Crippen LogP contribution is 2.40. The van der Waals surface area contributed by atoms with Crippen LogP contribution in [-0.2, 0) is 30.9 Å². The molecule has 0 saturated heterocycles. The molecule has 0 bridgehead atoms. The number of non-ortho nitro benzene ring substituents is 1. The summed E-state index contributed by atoms with van der Waals surface area (Å²) in [4.78, 5) is 47.2. The second kappa shape index (κ2) is 13.4. The number of carbonyl (C=O) groups is 3. The Balaban J connectivity index is 2.05. The van der Waals surface area contributed by atoms with Crippen molar-refractivity contribution in [2.45, 2.75) is 20.8 Å². The Kier molecular flexibility index (Phi) is 10.0. The van der Waals surface area contributed by atoms with Crippen LogP contribution in [0.15, 0.2) is 40.6 Å². The van der Waals surface area contributed by atoms with E-state index < -0.39 is 16.9 Å². The molecule has 0 aliphatic rings. The molecule has 0 aliphatic carbocycles. The second-order valence-corrected chi connectivity index (χ2v) is 9.56. The zero-order chi connectivity index (χ0) is 29.4. The highest BCUT2D eigenvalue weighted by atomic mass is 32.1. The van der Waals surface area contributed by atoms with Gasteiger partial charge in [0.15, 0.2) is 18.6 Å². The number of carbonyl (C=O) groups excluding carboxylic acids is 3. The summed E-state index contributed by atoms with van der Waals surface area (Å²) in [6, 6.07) is 7.70. The van der Waals surface area contributed by atoms with E-state index in [0.29, 0.717) is 27.5 Å². The molecule has 0 radical (unpaired) electrons. The van der Waals surface area contributed by atoms with Crippen LogP contribution >= 0.6 is 11.5 Å². The molecular formula is C25H29N6O8S+. The van der Waals surface area contributed by atoms with Crippen LogP contribution in [-0.4, -0.2) is 56.2 Å². The average Bonchev–Trinajstić information content (AvgIpc) is 3.20. The van der Waals surface area contributed by atoms with Crippen LogP contribution in [0.1, 0.15) is 20.8 Å². The number of esters is 2. The number of rotatable bonds is 12. The number of aryl methyl sites for hydroxylation is 1. The number of nitrogens with zero attached hydrogens (tertiary/aromatic N) is 5. The molecular weight excluding hydrogens is 544 g/mol. The Morgan fingerprint density at radius 3 is 2.25 bits per heavy atom. The van der Waals surface area contributed by atoms with Crippen LogP contribution in [0.5, 0.6) is 5.75 Å². The third-order valence-corrected chi connectivity index (χ3v) is 6.46. The van der Waals surface area contributed by atoms with Gasteiger partial charge in [0.05, 0.1) is 41.9 Å². The Morgan fingerprint density at radius 1 is 1.05 bits per heavy atom. The van der Waals surface area contributed by atoms with Crippen molar-refractivity contribution in [3.8, 4) is 5.75 Å². The molecule has 1 aromatic heterocycles. The molecule has 0 aliphatic heterocycles. The predicted octanol–water partition coefficient (Wildman–Crippen LogP) is 3.95. The van der Waals surface area contributed by atoms with Crippen LogP contribution in [0, 0.1) is 10.1 Å². The van der Waals surface area contributed by atoms with Gasteiger partial charge in [-0.2, -0.15) is 0 Å². The van der Waals surface area contributed by atoms with Crippen molar-refractivity contribution in [2.24, 2.45) is 17.3 Å². The standard InChI is InChI=1S/C25H28N6O8S/c1-15(32)26-20-13-23(30(8-10-38-16(2)33)9-11-39-17(3)34)24(37-5)14-21(20)27-28-25-19-12-18(31(35)36)6-7-22(19)29(4)40-25/h6-7,12-14H,8-11H2,1-5H3/p+1. The maximum absolute atomic E-state index is 12.0. The van der Waals surface area contributed by atoms with Gasteiger partial charge < -0.3 is 24.4 Å². The lowest BCUT2D eigenvalue weighted by atomic mass is 10.2. The number of azo groups is 1. The fraction of sp³-hybridized carbons (Fsp3) is 0.360. The van der Waals surface area contributed by atoms with Crippen LogP contribution in [0.2, 0.25) is 0 Å². The van der Waals surface area contributed by atoms with Crippen molar-refractivity contribution < 1.29 is 37.5 Å². The molecule has 3 rings (SSSR count). The average molecular weight is 574 g/mol. The molecule has 2 aromatic carbocycles. The molecule has 0 atom stereocenters. The smallest absolute Gasteiger partial charge is 0.302 e. The fourth-order valence-electron chi connectivity index (χ4n) is 3.78. The molecule has 3 aromatic rings. The van der Waals surface area contributed by atoms with E-state index in [-0.39, 0.29) is 43.6 Å². The van der Waals surface area contributed by atoms with Crippen LogP contribution in [0.4, 0.5) is 27.8 Å². The number of benzene rings is 2. The molecule has 40 heavy (non-hydrogen) atoms. The first kappa shape index (κ1) is 29.9. The molecule has 1 N–H and O–H groups in total. The van der Waals surface area contributed by atoms with Gasteiger partial charge in [0, 0.05) is 45.0 Å². The minimum absolute atomic E-state index is 0.0596. The van der Waals surface area contributed by atoms with E-state index in [4.69, 9.17) is 14.2 Å². The second-order valence-electron chi connectivity index (χ2n) is 8.44. The Hall–Kier alpha value is -4.66. The van der Waals surface area contributed by atoms with Gasteiger partial charge in [-0.3, -0.25) is 24.5 Å². The monoisotopic (exact) mass is 573 g/mol. The predicted molar refractivity (Wildman–Crippen MR) is 147 cm³/mol. The van der Waals surface area contributed by atoms with Gasteiger partial charge in [0.2, 0.25) is 16.4 Å². The van der Waals surface area contributed by atoms with Crippen molar-refractivity contribution in [3.05, 3.63) is 40.4 Å². The number of hydrogen-bond acceptors (Lipinski definition) is 12. The zero-order valence-corrected chi connectivity index (χ0v) is 23.4. The number of aromatic nitrogens is 1.